The molecule has 38 heavy (non-hydrogen) atoms. The molecule has 13 heteroatoms. The number of imide groups is 1. The zero-order chi connectivity index (χ0) is 27.2. The van der Waals surface area contributed by atoms with E-state index in [-0.39, 0.29) is 49.2 Å². The number of hydrogen-bond donors (Lipinski definition) is 7. The molecule has 3 aliphatic rings. The number of rotatable bonds is 6. The van der Waals surface area contributed by atoms with Crippen molar-refractivity contribution in [1.29, 1.82) is 0 Å². The van der Waals surface area contributed by atoms with Crippen molar-refractivity contribution in [1.82, 2.24) is 15.1 Å². The van der Waals surface area contributed by atoms with Crippen LogP contribution in [0.3, 0.4) is 0 Å². The third-order valence-electron chi connectivity index (χ3n) is 7.28. The first kappa shape index (κ1) is 25.6. The number of nitrogens with zero attached hydrogens (tertiary/aromatic N) is 2. The third kappa shape index (κ3) is 4.23. The number of carbonyl (C=O) groups excluding carboxylic acids is 3. The lowest BCUT2D eigenvalue weighted by molar-refractivity contribution is -0.167. The average molecular weight is 529 g/mol. The van der Waals surface area contributed by atoms with E-state index in [1.165, 1.54) is 0 Å². The van der Waals surface area contributed by atoms with E-state index in [1.807, 2.05) is 4.90 Å². The summed E-state index contributed by atoms with van der Waals surface area (Å²) in [6.07, 6.45) is -0.350. The van der Waals surface area contributed by atoms with Gasteiger partial charge in [-0.2, -0.15) is 0 Å². The first-order chi connectivity index (χ1) is 18.1. The molecule has 0 spiro atoms. The predicted octanol–water partition coefficient (Wildman–Crippen LogP) is 0.0343. The van der Waals surface area contributed by atoms with Gasteiger partial charge in [0, 0.05) is 67.0 Å². The van der Waals surface area contributed by atoms with Gasteiger partial charge in [0.1, 0.15) is 0 Å². The molecule has 1 atom stereocenters. The molecule has 3 aliphatic heterocycles. The van der Waals surface area contributed by atoms with Crippen molar-refractivity contribution in [3.05, 3.63) is 40.5 Å². The topological polar surface area (TPSA) is 192 Å². The van der Waals surface area contributed by atoms with Gasteiger partial charge < -0.3 is 35.6 Å². The maximum Gasteiger partial charge on any atom is 0.279 e. The van der Waals surface area contributed by atoms with Crippen molar-refractivity contribution in [2.24, 2.45) is 0 Å². The Kier molecular flexibility index (Phi) is 6.51. The fourth-order valence-corrected chi connectivity index (χ4v) is 5.07. The Morgan fingerprint density at radius 1 is 0.974 bits per heavy atom. The zero-order valence-electron chi connectivity index (χ0n) is 20.4. The van der Waals surface area contributed by atoms with E-state index in [1.54, 1.807) is 18.2 Å². The minimum atomic E-state index is -2.18. The van der Waals surface area contributed by atoms with Crippen LogP contribution in [0.5, 0.6) is 23.0 Å². The quantitative estimate of drug-likeness (QED) is 0.152. The number of carbonyl (C=O) groups is 3. The fourth-order valence-electron chi connectivity index (χ4n) is 5.07. The molecule has 2 aromatic carbocycles. The zero-order valence-corrected chi connectivity index (χ0v) is 20.4. The fraction of sp³-hybridized carbons (Fsp3) is 0.400. The number of benzene rings is 2. The molecule has 0 aromatic heterocycles. The van der Waals surface area contributed by atoms with E-state index >= 15 is 0 Å². The molecule has 1 unspecified atom stereocenters. The maximum absolute atomic E-state index is 13.1. The molecule has 7 N–H and O–H groups in total. The van der Waals surface area contributed by atoms with Gasteiger partial charge in [0.05, 0.1) is 19.8 Å². The smallest absolute Gasteiger partial charge is 0.279 e. The largest absolute Gasteiger partial charge is 0.504 e. The number of amides is 3. The summed E-state index contributed by atoms with van der Waals surface area (Å²) >= 11 is 0. The van der Waals surface area contributed by atoms with Crippen LogP contribution in [0.2, 0.25) is 0 Å². The molecule has 202 valence electrons. The van der Waals surface area contributed by atoms with Gasteiger partial charge in [0.2, 0.25) is 23.1 Å². The molecule has 0 saturated carbocycles. The van der Waals surface area contributed by atoms with Gasteiger partial charge in [0.15, 0.2) is 11.5 Å². The maximum atomic E-state index is 13.1. The van der Waals surface area contributed by atoms with E-state index in [9.17, 15) is 39.9 Å². The van der Waals surface area contributed by atoms with Crippen molar-refractivity contribution in [3.8, 4) is 23.0 Å². The van der Waals surface area contributed by atoms with Crippen molar-refractivity contribution >= 4 is 23.4 Å². The highest BCUT2D eigenvalue weighted by atomic mass is 16.5. The second-order valence-corrected chi connectivity index (χ2v) is 9.51. The summed E-state index contributed by atoms with van der Waals surface area (Å²) in [5.74, 6) is -4.90. The number of hydrogen-bond acceptors (Lipinski definition) is 11. The third-order valence-corrected chi connectivity index (χ3v) is 7.28. The summed E-state index contributed by atoms with van der Waals surface area (Å²) in [5.41, 5.74) is -0.626. The summed E-state index contributed by atoms with van der Waals surface area (Å²) in [5, 5.41) is 57.8. The number of nitrogens with one attached hydrogen (secondary N) is 2. The molecule has 0 bridgehead atoms. The van der Waals surface area contributed by atoms with Crippen molar-refractivity contribution in [3.63, 3.8) is 0 Å². The van der Waals surface area contributed by atoms with Crippen LogP contribution in [0.1, 0.15) is 39.9 Å². The molecular weight excluding hydrogens is 500 g/mol. The monoisotopic (exact) mass is 528 g/mol. The number of aromatic hydroxyl groups is 4. The van der Waals surface area contributed by atoms with Gasteiger partial charge in [-0.25, -0.2) is 0 Å². The SMILES string of the molecule is O=C1CCC(O)(N2Cc3c(NCc4c(O)c(O)c(O)c(O)c4CN4CCOCC4)cccc3C2=O)C(=O)N1. The number of fused-ring (bicyclic) bond motifs is 1. The molecule has 3 heterocycles. The molecule has 2 saturated heterocycles. The molecule has 2 aromatic rings. The van der Waals surface area contributed by atoms with Crippen molar-refractivity contribution in [2.45, 2.75) is 38.2 Å². The lowest BCUT2D eigenvalue weighted by Crippen LogP contribution is -2.63. The van der Waals surface area contributed by atoms with Gasteiger partial charge >= 0.3 is 0 Å². The molecule has 13 nitrogen and oxygen atoms in total. The average Bonchev–Trinajstić information content (AvgIpc) is 3.26. The number of phenolic OH excluding ortho intramolecular Hbond substituents is 4. The van der Waals surface area contributed by atoms with E-state index in [2.05, 4.69) is 10.6 Å². The number of ether oxygens (including phenoxy) is 1. The van der Waals surface area contributed by atoms with Crippen LogP contribution in [0.15, 0.2) is 18.2 Å². The Morgan fingerprint density at radius 3 is 2.34 bits per heavy atom. The highest BCUT2D eigenvalue weighted by molar-refractivity contribution is 6.07. The van der Waals surface area contributed by atoms with Crippen LogP contribution in [-0.2, 0) is 34.0 Å². The number of aliphatic hydroxyl groups is 1. The highest BCUT2D eigenvalue weighted by Gasteiger charge is 2.51. The predicted molar refractivity (Wildman–Crippen MR) is 130 cm³/mol. The summed E-state index contributed by atoms with van der Waals surface area (Å²) in [7, 11) is 0. The van der Waals surface area contributed by atoms with Gasteiger partial charge in [0.25, 0.3) is 11.8 Å². The highest BCUT2D eigenvalue weighted by Crippen LogP contribution is 2.48. The van der Waals surface area contributed by atoms with Gasteiger partial charge in [-0.3, -0.25) is 29.5 Å². The van der Waals surface area contributed by atoms with E-state index in [0.29, 0.717) is 37.6 Å². The van der Waals surface area contributed by atoms with Gasteiger partial charge in [-0.1, -0.05) is 6.07 Å². The molecule has 0 aliphatic carbocycles. The minimum absolute atomic E-state index is 0.100. The summed E-state index contributed by atoms with van der Waals surface area (Å²) < 4.78 is 5.35. The molecular formula is C25H28N4O9. The van der Waals surface area contributed by atoms with Gasteiger partial charge in [-0.05, 0) is 12.1 Å². The van der Waals surface area contributed by atoms with Crippen LogP contribution in [0, 0.1) is 0 Å². The van der Waals surface area contributed by atoms with E-state index < -0.39 is 46.4 Å². The summed E-state index contributed by atoms with van der Waals surface area (Å²) in [6, 6.07) is 4.83. The Balaban J connectivity index is 1.42. The van der Waals surface area contributed by atoms with E-state index in [4.69, 9.17) is 4.74 Å². The Bertz CT molecular complexity index is 1320. The number of piperidine rings is 1. The number of morpholine rings is 1. The minimum Gasteiger partial charge on any atom is -0.504 e. The van der Waals surface area contributed by atoms with Gasteiger partial charge in [-0.15, -0.1) is 0 Å². The molecule has 5 rings (SSSR count). The first-order valence-corrected chi connectivity index (χ1v) is 12.1. The molecule has 3 amide bonds. The van der Waals surface area contributed by atoms with Crippen molar-refractivity contribution < 1.29 is 44.7 Å². The Morgan fingerprint density at radius 2 is 1.66 bits per heavy atom. The second-order valence-electron chi connectivity index (χ2n) is 9.51. The lowest BCUT2D eigenvalue weighted by Gasteiger charge is -2.37. The Labute approximate surface area is 216 Å². The molecule has 2 fully saturated rings. The Hall–Kier alpha value is -4.07. The summed E-state index contributed by atoms with van der Waals surface area (Å²) in [6.45, 7) is 2.08. The van der Waals surface area contributed by atoms with Crippen LogP contribution in [0.4, 0.5) is 5.69 Å². The van der Waals surface area contributed by atoms with Crippen LogP contribution in [-0.4, -0.2) is 85.1 Å². The number of phenols is 4. The van der Waals surface area contributed by atoms with Crippen LogP contribution in [0.25, 0.3) is 0 Å². The van der Waals surface area contributed by atoms with Crippen LogP contribution >= 0.6 is 0 Å². The standard InChI is InChI=1S/C25H28N4O9/c30-18-4-5-25(37,24(36)27-18)29-12-15-13(23(29)35)2-1-3-17(15)26-10-14-16(11-28-6-8-38-9-7-28)20(32)22(34)21(33)19(14)31/h1-3,26,31-34,37H,4-12H2,(H,27,30,36). The van der Waals surface area contributed by atoms with Crippen LogP contribution < -0.4 is 10.6 Å². The molecule has 0 radical (unpaired) electrons. The van der Waals surface area contributed by atoms with E-state index in [0.717, 1.165) is 4.90 Å². The summed E-state index contributed by atoms with van der Waals surface area (Å²) in [4.78, 5) is 40.1. The normalized spacial score (nSPS) is 21.9. The van der Waals surface area contributed by atoms with Crippen molar-refractivity contribution in [2.75, 3.05) is 31.6 Å². The number of anilines is 1. The second kappa shape index (κ2) is 9.67. The lowest BCUT2D eigenvalue weighted by atomic mass is 10.00. The first-order valence-electron chi connectivity index (χ1n) is 12.1.